The van der Waals surface area contributed by atoms with E-state index >= 15 is 0 Å². The number of carbonyl (C=O) groups is 3. The molecule has 31 heavy (non-hydrogen) atoms. The number of nitrogens with zero attached hydrogens (tertiary/aromatic N) is 2. The number of rotatable bonds is 7. The average molecular weight is 443 g/mol. The van der Waals surface area contributed by atoms with Gasteiger partial charge in [0.05, 0.1) is 12.5 Å². The molecule has 1 aromatic heterocycles. The Morgan fingerprint density at radius 1 is 1.16 bits per heavy atom. The van der Waals surface area contributed by atoms with Crippen molar-refractivity contribution in [3.8, 4) is 0 Å². The molecule has 1 fully saturated rings. The van der Waals surface area contributed by atoms with E-state index in [4.69, 9.17) is 11.6 Å². The van der Waals surface area contributed by atoms with Crippen molar-refractivity contribution < 1.29 is 14.4 Å². The summed E-state index contributed by atoms with van der Waals surface area (Å²) in [6, 6.07) is 10.5. The molecule has 3 amide bonds. The summed E-state index contributed by atoms with van der Waals surface area (Å²) < 4.78 is 0. The topological polar surface area (TPSA) is 91.4 Å². The van der Waals surface area contributed by atoms with Crippen molar-refractivity contribution in [3.63, 3.8) is 0 Å². The van der Waals surface area contributed by atoms with Gasteiger partial charge in [0.25, 0.3) is 0 Å². The van der Waals surface area contributed by atoms with Crippen LogP contribution < -0.4 is 10.6 Å². The van der Waals surface area contributed by atoms with Crippen LogP contribution in [0.5, 0.6) is 0 Å². The smallest absolute Gasteiger partial charge is 0.224 e. The van der Waals surface area contributed by atoms with E-state index in [0.29, 0.717) is 37.5 Å². The van der Waals surface area contributed by atoms with Crippen LogP contribution in [-0.4, -0.2) is 40.7 Å². The number of carbonyl (C=O) groups excluding carboxylic acids is 3. The molecule has 0 aliphatic carbocycles. The van der Waals surface area contributed by atoms with E-state index in [1.807, 2.05) is 24.3 Å². The number of likely N-dealkylation sites (tertiary alicyclic amines) is 1. The van der Waals surface area contributed by atoms with Gasteiger partial charge in [0.1, 0.15) is 0 Å². The first-order valence-corrected chi connectivity index (χ1v) is 10.8. The summed E-state index contributed by atoms with van der Waals surface area (Å²) in [6.07, 6.45) is 4.83. The van der Waals surface area contributed by atoms with Crippen LogP contribution in [0.4, 0.5) is 0 Å². The van der Waals surface area contributed by atoms with E-state index in [9.17, 15) is 14.4 Å². The summed E-state index contributed by atoms with van der Waals surface area (Å²) in [5.74, 6) is -0.337. The summed E-state index contributed by atoms with van der Waals surface area (Å²) in [5.41, 5.74) is 1.78. The van der Waals surface area contributed by atoms with Crippen LogP contribution in [0.25, 0.3) is 0 Å². The third-order valence-electron chi connectivity index (χ3n) is 5.44. The maximum absolute atomic E-state index is 12.9. The second-order valence-electron chi connectivity index (χ2n) is 7.74. The fourth-order valence-electron chi connectivity index (χ4n) is 3.72. The maximum Gasteiger partial charge on any atom is 0.224 e. The average Bonchev–Trinajstić information content (AvgIpc) is 2.78. The van der Waals surface area contributed by atoms with Gasteiger partial charge >= 0.3 is 0 Å². The highest BCUT2D eigenvalue weighted by molar-refractivity contribution is 6.30. The standard InChI is InChI=1S/C23H27ClN4O3/c1-16(29)27-21(18-4-6-20(24)7-5-18)13-22(30)28-11-8-19(9-12-28)23(31)26-15-17-3-2-10-25-14-17/h2-7,10,14,19,21H,8-9,11-13,15H2,1H3,(H,26,31)(H,27,29). The molecule has 1 unspecified atom stereocenters. The van der Waals surface area contributed by atoms with E-state index in [1.165, 1.54) is 6.92 Å². The number of hydrogen-bond acceptors (Lipinski definition) is 4. The molecule has 164 valence electrons. The van der Waals surface area contributed by atoms with Gasteiger partial charge in [-0.1, -0.05) is 29.8 Å². The second-order valence-corrected chi connectivity index (χ2v) is 8.18. The molecule has 0 spiro atoms. The summed E-state index contributed by atoms with van der Waals surface area (Å²) in [6.45, 7) is 2.93. The fourth-order valence-corrected chi connectivity index (χ4v) is 3.85. The lowest BCUT2D eigenvalue weighted by atomic mass is 9.95. The van der Waals surface area contributed by atoms with Crippen molar-refractivity contribution in [2.24, 2.45) is 5.92 Å². The van der Waals surface area contributed by atoms with Gasteiger partial charge in [-0.2, -0.15) is 0 Å². The molecule has 3 rings (SSSR count). The molecule has 0 saturated carbocycles. The molecular formula is C23H27ClN4O3. The third kappa shape index (κ3) is 6.79. The van der Waals surface area contributed by atoms with E-state index < -0.39 is 6.04 Å². The van der Waals surface area contributed by atoms with E-state index in [0.717, 1.165) is 11.1 Å². The number of pyridine rings is 1. The van der Waals surface area contributed by atoms with Gasteiger partial charge in [-0.15, -0.1) is 0 Å². The molecule has 1 aliphatic heterocycles. The van der Waals surface area contributed by atoms with Gasteiger partial charge in [0, 0.05) is 49.9 Å². The zero-order valence-corrected chi connectivity index (χ0v) is 18.3. The van der Waals surface area contributed by atoms with E-state index in [-0.39, 0.29) is 30.1 Å². The molecule has 0 radical (unpaired) electrons. The lowest BCUT2D eigenvalue weighted by Crippen LogP contribution is -2.44. The van der Waals surface area contributed by atoms with Gasteiger partial charge in [-0.25, -0.2) is 0 Å². The lowest BCUT2D eigenvalue weighted by Gasteiger charge is -2.32. The molecule has 7 nitrogen and oxygen atoms in total. The molecule has 2 aromatic rings. The minimum absolute atomic E-state index is 0.00763. The first kappa shape index (κ1) is 22.7. The van der Waals surface area contributed by atoms with Crippen LogP contribution in [0.1, 0.15) is 43.4 Å². The number of aromatic nitrogens is 1. The zero-order valence-electron chi connectivity index (χ0n) is 17.5. The maximum atomic E-state index is 12.9. The monoisotopic (exact) mass is 442 g/mol. The normalized spacial score (nSPS) is 15.2. The number of benzene rings is 1. The predicted octanol–water partition coefficient (Wildman–Crippen LogP) is 2.86. The van der Waals surface area contributed by atoms with Gasteiger partial charge < -0.3 is 15.5 Å². The molecule has 1 aliphatic rings. The molecule has 8 heteroatoms. The van der Waals surface area contributed by atoms with Crippen LogP contribution in [0.15, 0.2) is 48.8 Å². The molecule has 2 N–H and O–H groups in total. The van der Waals surface area contributed by atoms with Gasteiger partial charge in [0.2, 0.25) is 17.7 Å². The largest absolute Gasteiger partial charge is 0.352 e. The number of amides is 3. The Bertz CT molecular complexity index is 897. The Labute approximate surface area is 187 Å². The molecule has 0 bridgehead atoms. The number of halogens is 1. The second kappa shape index (κ2) is 10.9. The quantitative estimate of drug-likeness (QED) is 0.689. The molecule has 2 heterocycles. The lowest BCUT2D eigenvalue weighted by molar-refractivity contribution is -0.136. The first-order valence-electron chi connectivity index (χ1n) is 10.4. The van der Waals surface area contributed by atoms with Crippen molar-refractivity contribution in [2.75, 3.05) is 13.1 Å². The Hall–Kier alpha value is -2.93. The van der Waals surface area contributed by atoms with Crippen molar-refractivity contribution in [3.05, 3.63) is 64.9 Å². The summed E-state index contributed by atoms with van der Waals surface area (Å²) in [7, 11) is 0. The molecular weight excluding hydrogens is 416 g/mol. The molecule has 1 aromatic carbocycles. The summed E-state index contributed by atoms with van der Waals surface area (Å²) in [5, 5.41) is 6.40. The van der Waals surface area contributed by atoms with Crippen LogP contribution in [0, 0.1) is 5.92 Å². The minimum Gasteiger partial charge on any atom is -0.352 e. The Morgan fingerprint density at radius 3 is 2.48 bits per heavy atom. The highest BCUT2D eigenvalue weighted by Gasteiger charge is 2.28. The third-order valence-corrected chi connectivity index (χ3v) is 5.69. The Balaban J connectivity index is 1.50. The van der Waals surface area contributed by atoms with Crippen molar-refractivity contribution >= 4 is 29.3 Å². The van der Waals surface area contributed by atoms with Crippen LogP contribution in [0.3, 0.4) is 0 Å². The minimum atomic E-state index is -0.414. The Kier molecular flexibility index (Phi) is 8.00. The van der Waals surface area contributed by atoms with Crippen molar-refractivity contribution in [1.82, 2.24) is 20.5 Å². The SMILES string of the molecule is CC(=O)NC(CC(=O)N1CCC(C(=O)NCc2cccnc2)CC1)c1ccc(Cl)cc1. The highest BCUT2D eigenvalue weighted by atomic mass is 35.5. The Morgan fingerprint density at radius 2 is 1.87 bits per heavy atom. The number of hydrogen-bond donors (Lipinski definition) is 2. The van der Waals surface area contributed by atoms with Crippen LogP contribution >= 0.6 is 11.6 Å². The number of nitrogens with one attached hydrogen (secondary N) is 2. The molecule has 1 saturated heterocycles. The van der Waals surface area contributed by atoms with Gasteiger partial charge in [-0.05, 0) is 42.2 Å². The molecule has 1 atom stereocenters. The number of piperidine rings is 1. The van der Waals surface area contributed by atoms with Gasteiger partial charge in [-0.3, -0.25) is 19.4 Å². The highest BCUT2D eigenvalue weighted by Crippen LogP contribution is 2.23. The van der Waals surface area contributed by atoms with Crippen LogP contribution in [-0.2, 0) is 20.9 Å². The predicted molar refractivity (Wildman–Crippen MR) is 118 cm³/mol. The van der Waals surface area contributed by atoms with E-state index in [1.54, 1.807) is 29.4 Å². The summed E-state index contributed by atoms with van der Waals surface area (Å²) in [4.78, 5) is 42.8. The summed E-state index contributed by atoms with van der Waals surface area (Å²) >= 11 is 5.95. The van der Waals surface area contributed by atoms with Crippen molar-refractivity contribution in [1.29, 1.82) is 0 Å². The van der Waals surface area contributed by atoms with Crippen LogP contribution in [0.2, 0.25) is 5.02 Å². The fraction of sp³-hybridized carbons (Fsp3) is 0.391. The first-order chi connectivity index (χ1) is 14.9. The van der Waals surface area contributed by atoms with Crippen molar-refractivity contribution in [2.45, 2.75) is 38.8 Å². The van der Waals surface area contributed by atoms with Gasteiger partial charge in [0.15, 0.2) is 0 Å². The van der Waals surface area contributed by atoms with E-state index in [2.05, 4.69) is 15.6 Å². The zero-order chi connectivity index (χ0) is 22.2.